The second-order valence-corrected chi connectivity index (χ2v) is 4.63. The van der Waals surface area contributed by atoms with E-state index in [1.807, 2.05) is 30.3 Å². The molecule has 0 saturated carbocycles. The minimum atomic E-state index is -0.184. The SMILES string of the molecule is CC(=O)N(CCC(=O)Nc1ccccc1)c1cc(C)on1. The molecule has 0 aliphatic heterocycles. The lowest BCUT2D eigenvalue weighted by Gasteiger charge is -2.17. The van der Waals surface area contributed by atoms with Crippen molar-refractivity contribution in [3.05, 3.63) is 42.2 Å². The first-order chi connectivity index (χ1) is 10.1. The van der Waals surface area contributed by atoms with Crippen molar-refractivity contribution < 1.29 is 14.1 Å². The summed E-state index contributed by atoms with van der Waals surface area (Å²) in [6.45, 7) is 3.43. The minimum Gasteiger partial charge on any atom is -0.360 e. The molecule has 0 unspecified atom stereocenters. The Bertz CT molecular complexity index is 622. The van der Waals surface area contributed by atoms with Crippen LogP contribution in [0.3, 0.4) is 0 Å². The standard InChI is InChI=1S/C15H17N3O3/c1-11-10-14(17-21-11)18(12(2)19)9-8-15(20)16-13-6-4-3-5-7-13/h3-7,10H,8-9H2,1-2H3,(H,16,20). The molecule has 0 aliphatic rings. The molecule has 2 amide bonds. The summed E-state index contributed by atoms with van der Waals surface area (Å²) in [6.07, 6.45) is 0.181. The topological polar surface area (TPSA) is 75.4 Å². The van der Waals surface area contributed by atoms with Gasteiger partial charge in [0.1, 0.15) is 5.76 Å². The molecule has 0 bridgehead atoms. The molecule has 110 valence electrons. The molecule has 21 heavy (non-hydrogen) atoms. The average molecular weight is 287 g/mol. The molecule has 0 aliphatic carbocycles. The van der Waals surface area contributed by atoms with Gasteiger partial charge in [0.05, 0.1) is 0 Å². The van der Waals surface area contributed by atoms with Gasteiger partial charge in [0.15, 0.2) is 5.82 Å². The van der Waals surface area contributed by atoms with Crippen LogP contribution in [0, 0.1) is 6.92 Å². The number of anilines is 2. The molecule has 1 N–H and O–H groups in total. The summed E-state index contributed by atoms with van der Waals surface area (Å²) in [7, 11) is 0. The Labute approximate surface area is 122 Å². The summed E-state index contributed by atoms with van der Waals surface area (Å²) in [6, 6.07) is 10.8. The maximum atomic E-state index is 11.9. The zero-order chi connectivity index (χ0) is 15.2. The van der Waals surface area contributed by atoms with Gasteiger partial charge in [-0.25, -0.2) is 0 Å². The third-order valence-corrected chi connectivity index (χ3v) is 2.89. The predicted molar refractivity (Wildman–Crippen MR) is 79.0 cm³/mol. The van der Waals surface area contributed by atoms with Crippen LogP contribution in [0.1, 0.15) is 19.1 Å². The first-order valence-corrected chi connectivity index (χ1v) is 6.62. The summed E-state index contributed by atoms with van der Waals surface area (Å²) in [5.41, 5.74) is 0.731. The number of hydrogen-bond donors (Lipinski definition) is 1. The van der Waals surface area contributed by atoms with Crippen molar-refractivity contribution in [3.8, 4) is 0 Å². The highest BCUT2D eigenvalue weighted by molar-refractivity contribution is 5.94. The Morgan fingerprint density at radius 1 is 1.29 bits per heavy atom. The molecule has 6 heteroatoms. The van der Waals surface area contributed by atoms with Crippen molar-refractivity contribution in [2.24, 2.45) is 0 Å². The number of carbonyl (C=O) groups is 2. The minimum absolute atomic E-state index is 0.160. The lowest BCUT2D eigenvalue weighted by Crippen LogP contribution is -2.32. The van der Waals surface area contributed by atoms with E-state index in [1.165, 1.54) is 11.8 Å². The van der Waals surface area contributed by atoms with E-state index in [-0.39, 0.29) is 24.8 Å². The number of amides is 2. The van der Waals surface area contributed by atoms with Gasteiger partial charge in [0.25, 0.3) is 0 Å². The highest BCUT2D eigenvalue weighted by Gasteiger charge is 2.16. The van der Waals surface area contributed by atoms with Crippen LogP contribution in [-0.2, 0) is 9.59 Å². The maximum absolute atomic E-state index is 11.9. The van der Waals surface area contributed by atoms with Gasteiger partial charge >= 0.3 is 0 Å². The predicted octanol–water partition coefficient (Wildman–Crippen LogP) is 2.36. The van der Waals surface area contributed by atoms with E-state index in [9.17, 15) is 9.59 Å². The van der Waals surface area contributed by atoms with Crippen molar-refractivity contribution in [3.63, 3.8) is 0 Å². The van der Waals surface area contributed by atoms with E-state index in [2.05, 4.69) is 10.5 Å². The zero-order valence-electron chi connectivity index (χ0n) is 12.0. The molecule has 0 saturated heterocycles. The lowest BCUT2D eigenvalue weighted by atomic mass is 10.3. The first-order valence-electron chi connectivity index (χ1n) is 6.62. The fourth-order valence-corrected chi connectivity index (χ4v) is 1.87. The van der Waals surface area contributed by atoms with Crippen LogP contribution in [0.15, 0.2) is 40.9 Å². The van der Waals surface area contributed by atoms with E-state index in [0.717, 1.165) is 5.69 Å². The van der Waals surface area contributed by atoms with E-state index in [4.69, 9.17) is 4.52 Å². The van der Waals surface area contributed by atoms with Gasteiger partial charge in [-0.3, -0.25) is 14.5 Å². The molecule has 6 nitrogen and oxygen atoms in total. The van der Waals surface area contributed by atoms with Crippen molar-refractivity contribution in [1.82, 2.24) is 5.16 Å². The quantitative estimate of drug-likeness (QED) is 0.916. The molecule has 2 rings (SSSR count). The van der Waals surface area contributed by atoms with Gasteiger partial charge in [0.2, 0.25) is 11.8 Å². The third-order valence-electron chi connectivity index (χ3n) is 2.89. The van der Waals surface area contributed by atoms with Crippen molar-refractivity contribution in [2.75, 3.05) is 16.8 Å². The van der Waals surface area contributed by atoms with Crippen LogP contribution >= 0.6 is 0 Å². The molecule has 1 aromatic carbocycles. The van der Waals surface area contributed by atoms with E-state index in [1.54, 1.807) is 13.0 Å². The molecule has 0 spiro atoms. The van der Waals surface area contributed by atoms with Gasteiger partial charge in [-0.15, -0.1) is 0 Å². The third kappa shape index (κ3) is 4.17. The Balaban J connectivity index is 1.93. The monoisotopic (exact) mass is 287 g/mol. The Morgan fingerprint density at radius 2 is 2.00 bits per heavy atom. The number of aromatic nitrogens is 1. The smallest absolute Gasteiger partial charge is 0.226 e. The van der Waals surface area contributed by atoms with Gasteiger partial charge in [-0.2, -0.15) is 0 Å². The van der Waals surface area contributed by atoms with E-state index in [0.29, 0.717) is 11.6 Å². The second kappa shape index (κ2) is 6.69. The summed E-state index contributed by atoms with van der Waals surface area (Å²) in [4.78, 5) is 24.9. The number of benzene rings is 1. The molecule has 2 aromatic rings. The number of rotatable bonds is 5. The van der Waals surface area contributed by atoms with Crippen molar-refractivity contribution in [2.45, 2.75) is 20.3 Å². The van der Waals surface area contributed by atoms with Gasteiger partial charge < -0.3 is 9.84 Å². The summed E-state index contributed by atoms with van der Waals surface area (Å²) >= 11 is 0. The Kier molecular flexibility index (Phi) is 4.71. The van der Waals surface area contributed by atoms with E-state index >= 15 is 0 Å². The highest BCUT2D eigenvalue weighted by Crippen LogP contribution is 2.14. The van der Waals surface area contributed by atoms with Crippen LogP contribution in [0.5, 0.6) is 0 Å². The summed E-state index contributed by atoms with van der Waals surface area (Å²) in [5.74, 6) is 0.695. The van der Waals surface area contributed by atoms with Crippen LogP contribution < -0.4 is 10.2 Å². The molecular weight excluding hydrogens is 270 g/mol. The van der Waals surface area contributed by atoms with Crippen molar-refractivity contribution >= 4 is 23.3 Å². The Morgan fingerprint density at radius 3 is 2.57 bits per heavy atom. The number of hydrogen-bond acceptors (Lipinski definition) is 4. The van der Waals surface area contributed by atoms with Crippen LogP contribution in [0.2, 0.25) is 0 Å². The number of carbonyl (C=O) groups excluding carboxylic acids is 2. The molecule has 0 radical (unpaired) electrons. The van der Waals surface area contributed by atoms with Crippen molar-refractivity contribution in [1.29, 1.82) is 0 Å². The van der Waals surface area contributed by atoms with Gasteiger partial charge in [-0.05, 0) is 19.1 Å². The van der Waals surface area contributed by atoms with Crippen LogP contribution in [0.4, 0.5) is 11.5 Å². The summed E-state index contributed by atoms with van der Waals surface area (Å²) < 4.78 is 4.95. The van der Waals surface area contributed by atoms with Gasteiger partial charge in [0, 0.05) is 31.6 Å². The molecule has 1 heterocycles. The van der Waals surface area contributed by atoms with Gasteiger partial charge in [-0.1, -0.05) is 23.4 Å². The lowest BCUT2D eigenvalue weighted by molar-refractivity contribution is -0.117. The zero-order valence-corrected chi connectivity index (χ0v) is 12.0. The second-order valence-electron chi connectivity index (χ2n) is 4.63. The molecule has 0 atom stereocenters. The van der Waals surface area contributed by atoms with Crippen LogP contribution in [0.25, 0.3) is 0 Å². The highest BCUT2D eigenvalue weighted by atomic mass is 16.5. The maximum Gasteiger partial charge on any atom is 0.226 e. The average Bonchev–Trinajstić information content (AvgIpc) is 2.86. The summed E-state index contributed by atoms with van der Waals surface area (Å²) in [5, 5.41) is 6.57. The fourth-order valence-electron chi connectivity index (χ4n) is 1.87. The molecular formula is C15H17N3O3. The number of nitrogens with zero attached hydrogens (tertiary/aromatic N) is 2. The fraction of sp³-hybridized carbons (Fsp3) is 0.267. The first kappa shape index (κ1) is 14.8. The Hall–Kier alpha value is -2.63. The number of nitrogens with one attached hydrogen (secondary N) is 1. The molecule has 1 aromatic heterocycles. The number of para-hydroxylation sites is 1. The van der Waals surface area contributed by atoms with Crippen LogP contribution in [-0.4, -0.2) is 23.5 Å². The van der Waals surface area contributed by atoms with E-state index < -0.39 is 0 Å². The molecule has 0 fully saturated rings. The normalized spacial score (nSPS) is 10.2. The largest absolute Gasteiger partial charge is 0.360 e. The number of aryl methyl sites for hydroxylation is 1.